The van der Waals surface area contributed by atoms with E-state index in [1.807, 2.05) is 0 Å². The Balaban J connectivity index is 3.65. The topological polar surface area (TPSA) is 37.3 Å². The van der Waals surface area contributed by atoms with Gasteiger partial charge in [0.05, 0.1) is 0 Å². The summed E-state index contributed by atoms with van der Waals surface area (Å²) >= 11 is 0. The highest BCUT2D eigenvalue weighted by atomic mass is 16.4. The zero-order chi connectivity index (χ0) is 13.6. The number of carboxylic acid groups (broad SMARTS) is 1. The van der Waals surface area contributed by atoms with E-state index in [9.17, 15) is 4.79 Å². The second-order valence-electron chi connectivity index (χ2n) is 5.50. The van der Waals surface area contributed by atoms with E-state index in [0.29, 0.717) is 6.42 Å². The van der Waals surface area contributed by atoms with Gasteiger partial charge in [-0.05, 0) is 12.3 Å². The summed E-state index contributed by atoms with van der Waals surface area (Å²) in [6.07, 6.45) is 14.2. The van der Waals surface area contributed by atoms with Gasteiger partial charge >= 0.3 is 5.97 Å². The van der Waals surface area contributed by atoms with Crippen molar-refractivity contribution in [1.82, 2.24) is 0 Å². The average molecular weight is 256 g/mol. The molecule has 0 spiro atoms. The van der Waals surface area contributed by atoms with Crippen LogP contribution < -0.4 is 0 Å². The molecule has 0 aliphatic carbocycles. The maximum absolute atomic E-state index is 10.5. The maximum atomic E-state index is 10.5. The Morgan fingerprint density at radius 2 is 1.39 bits per heavy atom. The van der Waals surface area contributed by atoms with Crippen LogP contribution in [0.3, 0.4) is 0 Å². The second-order valence-corrected chi connectivity index (χ2v) is 5.50. The van der Waals surface area contributed by atoms with Crippen LogP contribution in [0.4, 0.5) is 0 Å². The average Bonchev–Trinajstić information content (AvgIpc) is 2.35. The lowest BCUT2D eigenvalue weighted by molar-refractivity contribution is -0.137. The Morgan fingerprint density at radius 3 is 1.94 bits per heavy atom. The molecule has 2 nitrogen and oxygen atoms in total. The third-order valence-corrected chi connectivity index (χ3v) is 3.68. The Bertz CT molecular complexity index is 190. The predicted octanol–water partition coefficient (Wildman–Crippen LogP) is 5.41. The van der Waals surface area contributed by atoms with Crippen molar-refractivity contribution in [2.45, 2.75) is 90.9 Å². The van der Waals surface area contributed by atoms with E-state index >= 15 is 0 Å². The zero-order valence-corrected chi connectivity index (χ0v) is 12.4. The zero-order valence-electron chi connectivity index (χ0n) is 12.4. The summed E-state index contributed by atoms with van der Waals surface area (Å²) in [5, 5.41) is 8.62. The first-order chi connectivity index (χ1) is 8.70. The first-order valence-electron chi connectivity index (χ1n) is 7.92. The van der Waals surface area contributed by atoms with Gasteiger partial charge in [-0.3, -0.25) is 4.79 Å². The van der Waals surface area contributed by atoms with Gasteiger partial charge in [0.2, 0.25) is 0 Å². The lowest BCUT2D eigenvalue weighted by Gasteiger charge is -2.16. The highest BCUT2D eigenvalue weighted by Crippen LogP contribution is 2.23. The first kappa shape index (κ1) is 17.5. The number of carboxylic acids is 1. The standard InChI is InChI=1S/C16H32O2/c1-3-5-7-8-12-15(11-6-4-2)13-9-10-14-16(17)18/h15H,3-14H2,1-2H3,(H,17,18). The molecule has 1 N–H and O–H groups in total. The minimum Gasteiger partial charge on any atom is -0.481 e. The van der Waals surface area contributed by atoms with Gasteiger partial charge in [0.15, 0.2) is 0 Å². The highest BCUT2D eigenvalue weighted by molar-refractivity contribution is 5.66. The van der Waals surface area contributed by atoms with Gasteiger partial charge in [-0.1, -0.05) is 78.1 Å². The van der Waals surface area contributed by atoms with Crippen LogP contribution in [-0.4, -0.2) is 11.1 Å². The van der Waals surface area contributed by atoms with Crippen molar-refractivity contribution in [2.75, 3.05) is 0 Å². The van der Waals surface area contributed by atoms with Crippen LogP contribution in [0.2, 0.25) is 0 Å². The van der Waals surface area contributed by atoms with Crippen molar-refractivity contribution in [1.29, 1.82) is 0 Å². The quantitative estimate of drug-likeness (QED) is 0.447. The lowest BCUT2D eigenvalue weighted by Crippen LogP contribution is -2.02. The van der Waals surface area contributed by atoms with Gasteiger partial charge in [0, 0.05) is 6.42 Å². The molecule has 1 unspecified atom stereocenters. The fraction of sp³-hybridized carbons (Fsp3) is 0.938. The third kappa shape index (κ3) is 11.9. The van der Waals surface area contributed by atoms with Gasteiger partial charge in [-0.15, -0.1) is 0 Å². The van der Waals surface area contributed by atoms with E-state index in [4.69, 9.17) is 5.11 Å². The molecule has 1 atom stereocenters. The van der Waals surface area contributed by atoms with E-state index < -0.39 is 5.97 Å². The first-order valence-corrected chi connectivity index (χ1v) is 7.92. The van der Waals surface area contributed by atoms with Crippen molar-refractivity contribution in [2.24, 2.45) is 5.92 Å². The van der Waals surface area contributed by atoms with Crippen LogP contribution in [0.15, 0.2) is 0 Å². The molecule has 0 heterocycles. The van der Waals surface area contributed by atoms with E-state index in [1.165, 1.54) is 57.8 Å². The highest BCUT2D eigenvalue weighted by Gasteiger charge is 2.08. The fourth-order valence-electron chi connectivity index (χ4n) is 2.49. The molecular weight excluding hydrogens is 224 g/mol. The van der Waals surface area contributed by atoms with Crippen molar-refractivity contribution in [3.05, 3.63) is 0 Å². The molecule has 0 amide bonds. The summed E-state index contributed by atoms with van der Waals surface area (Å²) in [5.41, 5.74) is 0. The summed E-state index contributed by atoms with van der Waals surface area (Å²) in [5.74, 6) is 0.193. The van der Waals surface area contributed by atoms with Crippen molar-refractivity contribution in [3.8, 4) is 0 Å². The van der Waals surface area contributed by atoms with E-state index in [-0.39, 0.29) is 0 Å². The van der Waals surface area contributed by atoms with E-state index in [1.54, 1.807) is 0 Å². The Kier molecular flexibility index (Phi) is 12.5. The lowest BCUT2D eigenvalue weighted by atomic mass is 9.90. The van der Waals surface area contributed by atoms with E-state index in [0.717, 1.165) is 18.8 Å². The molecule has 0 saturated carbocycles. The molecule has 0 radical (unpaired) electrons. The third-order valence-electron chi connectivity index (χ3n) is 3.68. The van der Waals surface area contributed by atoms with E-state index in [2.05, 4.69) is 13.8 Å². The van der Waals surface area contributed by atoms with Gasteiger partial charge in [0.1, 0.15) is 0 Å². The predicted molar refractivity (Wildman–Crippen MR) is 77.9 cm³/mol. The van der Waals surface area contributed by atoms with Crippen molar-refractivity contribution >= 4 is 5.97 Å². The fourth-order valence-corrected chi connectivity index (χ4v) is 2.49. The minimum absolute atomic E-state index is 0.344. The van der Waals surface area contributed by atoms with Gasteiger partial charge < -0.3 is 5.11 Å². The van der Waals surface area contributed by atoms with Crippen LogP contribution >= 0.6 is 0 Å². The summed E-state index contributed by atoms with van der Waals surface area (Å²) in [7, 11) is 0. The largest absolute Gasteiger partial charge is 0.481 e. The van der Waals surface area contributed by atoms with Crippen molar-refractivity contribution in [3.63, 3.8) is 0 Å². The monoisotopic (exact) mass is 256 g/mol. The summed E-state index contributed by atoms with van der Waals surface area (Å²) in [6, 6.07) is 0. The van der Waals surface area contributed by atoms with Gasteiger partial charge in [-0.25, -0.2) is 0 Å². The SMILES string of the molecule is CCCCCCC(CCCC)CCCCC(=O)O. The minimum atomic E-state index is -0.650. The molecule has 2 heteroatoms. The number of hydrogen-bond acceptors (Lipinski definition) is 1. The Labute approximate surface area is 113 Å². The Morgan fingerprint density at radius 1 is 0.833 bits per heavy atom. The molecular formula is C16H32O2. The van der Waals surface area contributed by atoms with Crippen LogP contribution in [-0.2, 0) is 4.79 Å². The number of carbonyl (C=O) groups is 1. The second kappa shape index (κ2) is 12.9. The van der Waals surface area contributed by atoms with Crippen LogP contribution in [0, 0.1) is 5.92 Å². The van der Waals surface area contributed by atoms with Gasteiger partial charge in [0.25, 0.3) is 0 Å². The van der Waals surface area contributed by atoms with Crippen LogP contribution in [0.1, 0.15) is 90.9 Å². The molecule has 0 fully saturated rings. The maximum Gasteiger partial charge on any atom is 0.303 e. The molecule has 18 heavy (non-hydrogen) atoms. The summed E-state index contributed by atoms with van der Waals surface area (Å²) in [6.45, 7) is 4.50. The molecule has 0 bridgehead atoms. The molecule has 0 aliphatic rings. The molecule has 0 aromatic rings. The molecule has 0 rings (SSSR count). The number of unbranched alkanes of at least 4 members (excludes halogenated alkanes) is 5. The molecule has 0 aromatic heterocycles. The van der Waals surface area contributed by atoms with Crippen LogP contribution in [0.5, 0.6) is 0 Å². The van der Waals surface area contributed by atoms with Gasteiger partial charge in [-0.2, -0.15) is 0 Å². The number of rotatable bonds is 13. The molecule has 0 aliphatic heterocycles. The van der Waals surface area contributed by atoms with Crippen molar-refractivity contribution < 1.29 is 9.90 Å². The number of hydrogen-bond donors (Lipinski definition) is 1. The smallest absolute Gasteiger partial charge is 0.303 e. The number of aliphatic carboxylic acids is 1. The molecule has 0 saturated heterocycles. The summed E-state index contributed by atoms with van der Waals surface area (Å²) in [4.78, 5) is 10.5. The molecule has 108 valence electrons. The molecule has 0 aromatic carbocycles. The van der Waals surface area contributed by atoms with Crippen LogP contribution in [0.25, 0.3) is 0 Å². The Hall–Kier alpha value is -0.530. The normalized spacial score (nSPS) is 12.6. The summed E-state index contributed by atoms with van der Waals surface area (Å²) < 4.78 is 0.